The predicted octanol–water partition coefficient (Wildman–Crippen LogP) is 4.62. The van der Waals surface area contributed by atoms with Crippen LogP contribution in [0.1, 0.15) is 23.5 Å². The maximum Gasteiger partial charge on any atom is 0.310 e. The molecule has 4 aromatic carbocycles. The number of methoxy groups -OCH3 is 1. The molecule has 1 aliphatic heterocycles. The molecule has 4 atom stereocenters. The Bertz CT molecular complexity index is 1570. The van der Waals surface area contributed by atoms with Crippen molar-refractivity contribution in [2.24, 2.45) is 0 Å². The summed E-state index contributed by atoms with van der Waals surface area (Å²) in [5.74, 6) is 1.55. The summed E-state index contributed by atoms with van der Waals surface area (Å²) in [4.78, 5) is 10.7. The van der Waals surface area contributed by atoms with Gasteiger partial charge in [0, 0.05) is 36.9 Å². The van der Waals surface area contributed by atoms with E-state index in [9.17, 15) is 20.3 Å². The van der Waals surface area contributed by atoms with Gasteiger partial charge in [-0.3, -0.25) is 10.1 Å². The first-order valence-electron chi connectivity index (χ1n) is 15.3. The van der Waals surface area contributed by atoms with E-state index < -0.39 is 11.0 Å². The van der Waals surface area contributed by atoms with Crippen LogP contribution in [-0.2, 0) is 16.1 Å². The van der Waals surface area contributed by atoms with Crippen molar-refractivity contribution < 1.29 is 38.8 Å². The highest BCUT2D eigenvalue weighted by atomic mass is 16.6. The van der Waals surface area contributed by atoms with Crippen molar-refractivity contribution in [2.45, 2.75) is 37.3 Å². The average molecular weight is 633 g/mol. The predicted molar refractivity (Wildman–Crippen MR) is 173 cm³/mol. The monoisotopic (exact) mass is 632 g/mol. The first-order valence-corrected chi connectivity index (χ1v) is 15.3. The topological polar surface area (TPSA) is 142 Å². The molecule has 0 aromatic heterocycles. The van der Waals surface area contributed by atoms with Crippen LogP contribution in [0.2, 0.25) is 0 Å². The van der Waals surface area contributed by atoms with Gasteiger partial charge < -0.3 is 39.2 Å². The van der Waals surface area contributed by atoms with Crippen LogP contribution in [0.25, 0.3) is 10.8 Å². The lowest BCUT2D eigenvalue weighted by Crippen LogP contribution is -2.51. The second kappa shape index (κ2) is 16.3. The second-order valence-electron chi connectivity index (χ2n) is 11.1. The van der Waals surface area contributed by atoms with Gasteiger partial charge in [0.2, 0.25) is 0 Å². The van der Waals surface area contributed by atoms with Gasteiger partial charge in [-0.2, -0.15) is 0 Å². The number of rotatable bonds is 16. The lowest BCUT2D eigenvalue weighted by atomic mass is 9.85. The van der Waals surface area contributed by atoms with Crippen LogP contribution >= 0.6 is 0 Å². The molecule has 1 fully saturated rings. The van der Waals surface area contributed by atoms with Crippen LogP contribution in [0.5, 0.6) is 17.2 Å². The zero-order chi connectivity index (χ0) is 32.3. The van der Waals surface area contributed by atoms with E-state index in [0.29, 0.717) is 38.5 Å². The summed E-state index contributed by atoms with van der Waals surface area (Å²) < 4.78 is 29.8. The number of piperidine rings is 1. The standard InChI is InChI=1S/C35H40N2O9/c1-42-32-18-24(17-26-7-2-3-8-29(26)32)22-45-33-19-36-20-34(46-23-27(39)21-38)35(33)25-11-13-28(14-12-25)43-15-6-16-44-31-10-5-4-9-30(31)37(40)41/h2-5,7-14,17-18,27,33-36,38-39H,6,15-16,19-23H2,1H3/t27?,33-,34+,35+/m0/s1. The van der Waals surface area contributed by atoms with Gasteiger partial charge >= 0.3 is 5.69 Å². The van der Waals surface area contributed by atoms with Crippen LogP contribution in [0.4, 0.5) is 5.69 Å². The number of aliphatic hydroxyl groups excluding tert-OH is 2. The first kappa shape index (κ1) is 33.1. The lowest BCUT2D eigenvalue weighted by Gasteiger charge is -2.39. The summed E-state index contributed by atoms with van der Waals surface area (Å²) in [5, 5.41) is 36.0. The summed E-state index contributed by atoms with van der Waals surface area (Å²) in [5.41, 5.74) is 1.92. The molecule has 0 amide bonds. The highest BCUT2D eigenvalue weighted by Gasteiger charge is 2.36. The minimum absolute atomic E-state index is 0.00332. The first-order chi connectivity index (χ1) is 22.5. The van der Waals surface area contributed by atoms with E-state index in [-0.39, 0.29) is 49.4 Å². The van der Waals surface area contributed by atoms with Crippen molar-refractivity contribution in [1.29, 1.82) is 0 Å². The fraction of sp³-hybridized carbons (Fsp3) is 0.371. The van der Waals surface area contributed by atoms with Crippen molar-refractivity contribution in [2.75, 3.05) is 46.6 Å². The third-order valence-corrected chi connectivity index (χ3v) is 7.92. The Morgan fingerprint density at radius 2 is 1.63 bits per heavy atom. The number of hydrogen-bond donors (Lipinski definition) is 3. The van der Waals surface area contributed by atoms with Crippen LogP contribution in [0.3, 0.4) is 0 Å². The Morgan fingerprint density at radius 1 is 0.913 bits per heavy atom. The Morgan fingerprint density at radius 3 is 2.39 bits per heavy atom. The molecule has 46 heavy (non-hydrogen) atoms. The van der Waals surface area contributed by atoms with Gasteiger partial charge in [0.15, 0.2) is 5.75 Å². The molecule has 0 saturated carbocycles. The molecule has 1 heterocycles. The lowest BCUT2D eigenvalue weighted by molar-refractivity contribution is -0.385. The average Bonchev–Trinajstić information content (AvgIpc) is 3.09. The number of nitro groups is 1. The zero-order valence-electron chi connectivity index (χ0n) is 25.7. The maximum absolute atomic E-state index is 11.2. The fourth-order valence-corrected chi connectivity index (χ4v) is 5.64. The number of aliphatic hydroxyl groups is 2. The van der Waals surface area contributed by atoms with Gasteiger partial charge in [-0.1, -0.05) is 48.5 Å². The van der Waals surface area contributed by atoms with E-state index in [4.69, 9.17) is 23.7 Å². The minimum Gasteiger partial charge on any atom is -0.496 e. The molecule has 3 N–H and O–H groups in total. The SMILES string of the molecule is COc1cc(CO[C@H]2CNC[C@@H](OCC(O)CO)[C@@H]2c2ccc(OCCCOc3ccccc3[N+](=O)[O-])cc2)cc2ccccc12. The molecular formula is C35H40N2O9. The molecule has 5 rings (SSSR count). The van der Waals surface area contributed by atoms with Gasteiger partial charge in [0.25, 0.3) is 0 Å². The van der Waals surface area contributed by atoms with Crippen molar-refractivity contribution in [3.05, 3.63) is 106 Å². The summed E-state index contributed by atoms with van der Waals surface area (Å²) >= 11 is 0. The van der Waals surface area contributed by atoms with Gasteiger partial charge in [-0.15, -0.1) is 0 Å². The summed E-state index contributed by atoms with van der Waals surface area (Å²) in [6.45, 7) is 1.81. The van der Waals surface area contributed by atoms with Crippen molar-refractivity contribution in [1.82, 2.24) is 5.32 Å². The highest BCUT2D eigenvalue weighted by Crippen LogP contribution is 2.33. The summed E-state index contributed by atoms with van der Waals surface area (Å²) in [6, 6.07) is 26.2. The van der Waals surface area contributed by atoms with Crippen LogP contribution in [-0.4, -0.2) is 80.1 Å². The Labute approximate surface area is 267 Å². The number of nitrogens with zero attached hydrogens (tertiary/aromatic N) is 1. The molecule has 11 heteroatoms. The normalized spacial score (nSPS) is 18.6. The number of ether oxygens (including phenoxy) is 5. The molecule has 244 valence electrons. The van der Waals surface area contributed by atoms with E-state index in [0.717, 1.165) is 27.6 Å². The third kappa shape index (κ3) is 8.51. The molecule has 1 aliphatic rings. The molecule has 0 spiro atoms. The van der Waals surface area contributed by atoms with Crippen molar-refractivity contribution in [3.8, 4) is 17.2 Å². The van der Waals surface area contributed by atoms with E-state index in [1.165, 1.54) is 6.07 Å². The molecule has 0 radical (unpaired) electrons. The van der Waals surface area contributed by atoms with Crippen LogP contribution < -0.4 is 19.5 Å². The van der Waals surface area contributed by atoms with Gasteiger partial charge in [-0.05, 0) is 46.8 Å². The molecule has 0 bridgehead atoms. The largest absolute Gasteiger partial charge is 0.496 e. The van der Waals surface area contributed by atoms with E-state index in [1.54, 1.807) is 25.3 Å². The molecule has 1 saturated heterocycles. The van der Waals surface area contributed by atoms with Crippen molar-refractivity contribution >= 4 is 16.5 Å². The molecule has 0 aliphatic carbocycles. The second-order valence-corrected chi connectivity index (χ2v) is 11.1. The van der Waals surface area contributed by atoms with Crippen molar-refractivity contribution in [3.63, 3.8) is 0 Å². The number of hydrogen-bond acceptors (Lipinski definition) is 10. The molecule has 11 nitrogen and oxygen atoms in total. The Hall–Kier alpha value is -4.26. The van der Waals surface area contributed by atoms with Crippen LogP contribution in [0.15, 0.2) is 84.9 Å². The van der Waals surface area contributed by atoms with Gasteiger partial charge in [0.1, 0.15) is 17.6 Å². The number of fused-ring (bicyclic) bond motifs is 1. The minimum atomic E-state index is -0.972. The van der Waals surface area contributed by atoms with Gasteiger partial charge in [0.05, 0.1) is 57.3 Å². The number of nitro benzene ring substituents is 1. The Balaban J connectivity index is 1.23. The van der Waals surface area contributed by atoms with E-state index in [1.807, 2.05) is 48.5 Å². The maximum atomic E-state index is 11.2. The van der Waals surface area contributed by atoms with E-state index >= 15 is 0 Å². The smallest absolute Gasteiger partial charge is 0.310 e. The Kier molecular flexibility index (Phi) is 11.8. The van der Waals surface area contributed by atoms with Crippen LogP contribution in [0, 0.1) is 10.1 Å². The summed E-state index contributed by atoms with van der Waals surface area (Å²) in [7, 11) is 1.66. The number of para-hydroxylation sites is 2. The summed E-state index contributed by atoms with van der Waals surface area (Å²) in [6.07, 6.45) is -0.981. The highest BCUT2D eigenvalue weighted by molar-refractivity contribution is 5.89. The molecule has 1 unspecified atom stereocenters. The quantitative estimate of drug-likeness (QED) is 0.0911. The third-order valence-electron chi connectivity index (χ3n) is 7.92. The molecular weight excluding hydrogens is 592 g/mol. The fourth-order valence-electron chi connectivity index (χ4n) is 5.64. The zero-order valence-corrected chi connectivity index (χ0v) is 25.7. The van der Waals surface area contributed by atoms with Gasteiger partial charge in [-0.25, -0.2) is 0 Å². The van der Waals surface area contributed by atoms with E-state index in [2.05, 4.69) is 17.4 Å². The molecule has 4 aromatic rings. The number of nitrogens with one attached hydrogen (secondary N) is 1. The number of benzene rings is 4.